The Balaban J connectivity index is 0.00000392. The van der Waals surface area contributed by atoms with Crippen molar-refractivity contribution in [1.29, 1.82) is 5.26 Å². The third-order valence-electron chi connectivity index (χ3n) is 3.65. The quantitative estimate of drug-likeness (QED) is 0.252. The molecule has 0 amide bonds. The number of ether oxygens (including phenoxy) is 2. The highest BCUT2D eigenvalue weighted by Gasteiger charge is 2.04. The molecule has 0 aromatic heterocycles. The van der Waals surface area contributed by atoms with Gasteiger partial charge in [-0.15, -0.1) is 24.0 Å². The predicted molar refractivity (Wildman–Crippen MR) is 118 cm³/mol. The molecule has 0 radical (unpaired) electrons. The van der Waals surface area contributed by atoms with Crippen LogP contribution in [-0.2, 0) is 6.54 Å². The molecule has 0 heterocycles. The Kier molecular flexibility index (Phi) is 10.7. The Bertz CT molecular complexity index is 807. The summed E-state index contributed by atoms with van der Waals surface area (Å²) in [5.41, 5.74) is 0.785. The van der Waals surface area contributed by atoms with Crippen molar-refractivity contribution < 1.29 is 13.9 Å². The number of aliphatic imine (C=N–C) groups is 1. The Labute approximate surface area is 181 Å². The van der Waals surface area contributed by atoms with Crippen LogP contribution in [0.2, 0.25) is 0 Å². The maximum atomic E-state index is 13.8. The molecule has 0 bridgehead atoms. The standard InChI is InChI=1S/C20H23FN4O2.HI/c1-3-23-20(25-14-16-12-15(13-22)4-9-19(16)21)24-10-11-27-18-7-5-17(26-2)6-8-18;/h4-9,12H,3,10-11,14H2,1-2H3,(H2,23,24,25);1H. The van der Waals surface area contributed by atoms with Gasteiger partial charge in [-0.05, 0) is 49.4 Å². The number of methoxy groups -OCH3 is 1. The summed E-state index contributed by atoms with van der Waals surface area (Å²) in [6, 6.07) is 13.6. The van der Waals surface area contributed by atoms with Gasteiger partial charge in [0.2, 0.25) is 0 Å². The highest BCUT2D eigenvalue weighted by atomic mass is 127. The average molecular weight is 498 g/mol. The fourth-order valence-electron chi connectivity index (χ4n) is 2.28. The second-order valence-corrected chi connectivity index (χ2v) is 5.56. The van der Waals surface area contributed by atoms with E-state index in [0.29, 0.717) is 36.8 Å². The van der Waals surface area contributed by atoms with Gasteiger partial charge in [-0.25, -0.2) is 9.38 Å². The van der Waals surface area contributed by atoms with Crippen molar-refractivity contribution in [3.63, 3.8) is 0 Å². The average Bonchev–Trinajstić information content (AvgIpc) is 2.70. The van der Waals surface area contributed by atoms with Crippen LogP contribution in [0.15, 0.2) is 47.5 Å². The van der Waals surface area contributed by atoms with E-state index >= 15 is 0 Å². The molecule has 2 aromatic carbocycles. The number of benzene rings is 2. The predicted octanol–water partition coefficient (Wildman–Crippen LogP) is 3.46. The third-order valence-corrected chi connectivity index (χ3v) is 3.65. The molecule has 0 unspecified atom stereocenters. The van der Waals surface area contributed by atoms with E-state index in [1.165, 1.54) is 18.2 Å². The molecule has 0 aliphatic heterocycles. The first-order chi connectivity index (χ1) is 13.2. The highest BCUT2D eigenvalue weighted by Crippen LogP contribution is 2.16. The summed E-state index contributed by atoms with van der Waals surface area (Å²) in [6.07, 6.45) is 0. The largest absolute Gasteiger partial charge is 0.497 e. The van der Waals surface area contributed by atoms with Gasteiger partial charge in [-0.3, -0.25) is 0 Å². The smallest absolute Gasteiger partial charge is 0.191 e. The second-order valence-electron chi connectivity index (χ2n) is 5.56. The number of halogens is 2. The van der Waals surface area contributed by atoms with E-state index in [1.54, 1.807) is 7.11 Å². The van der Waals surface area contributed by atoms with Gasteiger partial charge in [0.25, 0.3) is 0 Å². The normalized spacial score (nSPS) is 10.4. The molecule has 2 N–H and O–H groups in total. The Morgan fingerprint density at radius 2 is 1.86 bits per heavy atom. The molecular weight excluding hydrogens is 474 g/mol. The maximum Gasteiger partial charge on any atom is 0.191 e. The summed E-state index contributed by atoms with van der Waals surface area (Å²) >= 11 is 0. The topological polar surface area (TPSA) is 78.7 Å². The first-order valence-electron chi connectivity index (χ1n) is 8.63. The lowest BCUT2D eigenvalue weighted by Gasteiger charge is -2.12. The number of nitriles is 1. The van der Waals surface area contributed by atoms with Crippen LogP contribution in [0.1, 0.15) is 18.1 Å². The molecular formula is C20H24FIN4O2. The fourth-order valence-corrected chi connectivity index (χ4v) is 2.28. The molecule has 0 spiro atoms. The van der Waals surface area contributed by atoms with E-state index in [9.17, 15) is 4.39 Å². The number of rotatable bonds is 8. The first kappa shape index (κ1) is 23.5. The van der Waals surface area contributed by atoms with E-state index in [4.69, 9.17) is 14.7 Å². The molecule has 0 aliphatic rings. The van der Waals surface area contributed by atoms with Gasteiger partial charge < -0.3 is 20.1 Å². The Morgan fingerprint density at radius 3 is 2.50 bits per heavy atom. The number of hydrogen-bond donors (Lipinski definition) is 2. The molecule has 0 fully saturated rings. The number of hydrogen-bond acceptors (Lipinski definition) is 4. The van der Waals surface area contributed by atoms with Gasteiger partial charge in [0.1, 0.15) is 23.9 Å². The van der Waals surface area contributed by atoms with Crippen LogP contribution >= 0.6 is 24.0 Å². The molecule has 0 saturated heterocycles. The van der Waals surface area contributed by atoms with Crippen LogP contribution in [0.3, 0.4) is 0 Å². The van der Waals surface area contributed by atoms with Crippen molar-refractivity contribution in [2.75, 3.05) is 26.8 Å². The van der Waals surface area contributed by atoms with Gasteiger partial charge in [0, 0.05) is 12.1 Å². The fraction of sp³-hybridized carbons (Fsp3) is 0.300. The Morgan fingerprint density at radius 1 is 1.14 bits per heavy atom. The Hall–Kier alpha value is -2.54. The lowest BCUT2D eigenvalue weighted by atomic mass is 10.1. The first-order valence-corrected chi connectivity index (χ1v) is 8.63. The minimum Gasteiger partial charge on any atom is -0.497 e. The highest BCUT2D eigenvalue weighted by molar-refractivity contribution is 14.0. The van der Waals surface area contributed by atoms with E-state index < -0.39 is 0 Å². The van der Waals surface area contributed by atoms with Gasteiger partial charge in [0.05, 0.1) is 31.8 Å². The van der Waals surface area contributed by atoms with Crippen LogP contribution in [0.25, 0.3) is 0 Å². The zero-order valence-electron chi connectivity index (χ0n) is 15.9. The number of guanidine groups is 1. The van der Waals surface area contributed by atoms with Crippen molar-refractivity contribution in [1.82, 2.24) is 10.6 Å². The summed E-state index contributed by atoms with van der Waals surface area (Å²) < 4.78 is 24.6. The molecule has 150 valence electrons. The second kappa shape index (κ2) is 12.8. The van der Waals surface area contributed by atoms with Gasteiger partial charge in [0.15, 0.2) is 5.96 Å². The lowest BCUT2D eigenvalue weighted by Crippen LogP contribution is -2.39. The summed E-state index contributed by atoms with van der Waals surface area (Å²) in [6.45, 7) is 3.72. The van der Waals surface area contributed by atoms with E-state index in [0.717, 1.165) is 11.5 Å². The molecule has 2 rings (SSSR count). The summed E-state index contributed by atoms with van der Waals surface area (Å²) in [7, 11) is 1.61. The molecule has 8 heteroatoms. The van der Waals surface area contributed by atoms with Crippen molar-refractivity contribution in [3.8, 4) is 17.6 Å². The van der Waals surface area contributed by atoms with Crippen molar-refractivity contribution in [2.24, 2.45) is 4.99 Å². The third kappa shape index (κ3) is 7.60. The van der Waals surface area contributed by atoms with Crippen molar-refractivity contribution in [2.45, 2.75) is 13.5 Å². The number of nitrogens with one attached hydrogen (secondary N) is 2. The molecule has 0 saturated carbocycles. The lowest BCUT2D eigenvalue weighted by molar-refractivity contribution is 0.321. The molecule has 0 atom stereocenters. The van der Waals surface area contributed by atoms with E-state index in [-0.39, 0.29) is 36.3 Å². The molecule has 0 aliphatic carbocycles. The van der Waals surface area contributed by atoms with Gasteiger partial charge in [-0.1, -0.05) is 0 Å². The SMILES string of the molecule is CCNC(=NCc1cc(C#N)ccc1F)NCCOc1ccc(OC)cc1.I. The van der Waals surface area contributed by atoms with E-state index in [2.05, 4.69) is 15.6 Å². The monoisotopic (exact) mass is 498 g/mol. The van der Waals surface area contributed by atoms with Gasteiger partial charge in [-0.2, -0.15) is 5.26 Å². The van der Waals surface area contributed by atoms with Crippen LogP contribution in [0.5, 0.6) is 11.5 Å². The van der Waals surface area contributed by atoms with Crippen molar-refractivity contribution >= 4 is 29.9 Å². The molecule has 6 nitrogen and oxygen atoms in total. The summed E-state index contributed by atoms with van der Waals surface area (Å²) in [5, 5.41) is 15.2. The molecule has 28 heavy (non-hydrogen) atoms. The van der Waals surface area contributed by atoms with Crippen molar-refractivity contribution in [3.05, 3.63) is 59.4 Å². The number of nitrogens with zero attached hydrogens (tertiary/aromatic N) is 2. The van der Waals surface area contributed by atoms with Crippen LogP contribution < -0.4 is 20.1 Å². The molecule has 2 aromatic rings. The zero-order valence-corrected chi connectivity index (χ0v) is 18.2. The zero-order chi connectivity index (χ0) is 19.5. The van der Waals surface area contributed by atoms with Crippen LogP contribution in [0.4, 0.5) is 4.39 Å². The van der Waals surface area contributed by atoms with E-state index in [1.807, 2.05) is 37.3 Å². The van der Waals surface area contributed by atoms with Crippen LogP contribution in [0, 0.1) is 17.1 Å². The van der Waals surface area contributed by atoms with Crippen LogP contribution in [-0.4, -0.2) is 32.8 Å². The summed E-state index contributed by atoms with van der Waals surface area (Å²) in [5.74, 6) is 1.69. The van der Waals surface area contributed by atoms with Gasteiger partial charge >= 0.3 is 0 Å². The minimum absolute atomic E-state index is 0. The minimum atomic E-state index is -0.378. The summed E-state index contributed by atoms with van der Waals surface area (Å²) in [4.78, 5) is 4.36. The maximum absolute atomic E-state index is 13.8.